The molecular formula is C12H14N2O6. The normalized spacial score (nSPS) is 21.4. The van der Waals surface area contributed by atoms with Crippen LogP contribution in [0.3, 0.4) is 0 Å². The predicted molar refractivity (Wildman–Crippen MR) is 69.1 cm³/mol. The SMILES string of the molecule is COc1cc(NC2(C(=O)O)CCOC2)cc([N+](=O)[O-])c1. The number of carbonyl (C=O) groups is 1. The molecule has 1 atom stereocenters. The summed E-state index contributed by atoms with van der Waals surface area (Å²) >= 11 is 0. The highest BCUT2D eigenvalue weighted by Gasteiger charge is 2.42. The Balaban J connectivity index is 2.34. The molecular weight excluding hydrogens is 268 g/mol. The van der Waals surface area contributed by atoms with E-state index in [4.69, 9.17) is 9.47 Å². The summed E-state index contributed by atoms with van der Waals surface area (Å²) < 4.78 is 10.1. The molecule has 8 nitrogen and oxygen atoms in total. The number of anilines is 1. The monoisotopic (exact) mass is 282 g/mol. The molecule has 0 aliphatic carbocycles. The molecule has 1 aliphatic rings. The summed E-state index contributed by atoms with van der Waals surface area (Å²) in [5.74, 6) is -0.776. The highest BCUT2D eigenvalue weighted by Crippen LogP contribution is 2.30. The first kappa shape index (κ1) is 14.1. The smallest absolute Gasteiger partial charge is 0.331 e. The van der Waals surface area contributed by atoms with Gasteiger partial charge in [0.05, 0.1) is 24.7 Å². The van der Waals surface area contributed by atoms with E-state index < -0.39 is 16.4 Å². The maximum atomic E-state index is 11.4. The lowest BCUT2D eigenvalue weighted by molar-refractivity contribution is -0.384. The molecule has 2 N–H and O–H groups in total. The van der Waals surface area contributed by atoms with E-state index in [0.29, 0.717) is 12.3 Å². The van der Waals surface area contributed by atoms with Crippen LogP contribution in [0.5, 0.6) is 5.75 Å². The Morgan fingerprint density at radius 2 is 2.30 bits per heavy atom. The van der Waals surface area contributed by atoms with Gasteiger partial charge in [0.1, 0.15) is 5.75 Å². The minimum absolute atomic E-state index is 0.00728. The molecule has 0 bridgehead atoms. The van der Waals surface area contributed by atoms with Gasteiger partial charge in [0.25, 0.3) is 5.69 Å². The van der Waals surface area contributed by atoms with Gasteiger partial charge in [-0.15, -0.1) is 0 Å². The van der Waals surface area contributed by atoms with Crippen LogP contribution in [0.4, 0.5) is 11.4 Å². The topological polar surface area (TPSA) is 111 Å². The van der Waals surface area contributed by atoms with Gasteiger partial charge in [-0.2, -0.15) is 0 Å². The molecule has 1 aromatic rings. The molecule has 2 rings (SSSR count). The van der Waals surface area contributed by atoms with Crippen molar-refractivity contribution in [3.05, 3.63) is 28.3 Å². The molecule has 0 aromatic heterocycles. The van der Waals surface area contributed by atoms with Crippen LogP contribution in [0.25, 0.3) is 0 Å². The van der Waals surface area contributed by atoms with E-state index in [1.807, 2.05) is 0 Å². The number of ether oxygens (including phenoxy) is 2. The second-order valence-corrected chi connectivity index (χ2v) is 4.49. The Morgan fingerprint density at radius 3 is 2.80 bits per heavy atom. The Hall–Kier alpha value is -2.35. The summed E-state index contributed by atoms with van der Waals surface area (Å²) in [4.78, 5) is 21.7. The zero-order valence-corrected chi connectivity index (χ0v) is 10.8. The van der Waals surface area contributed by atoms with Crippen molar-refractivity contribution in [1.82, 2.24) is 0 Å². The molecule has 20 heavy (non-hydrogen) atoms. The largest absolute Gasteiger partial charge is 0.496 e. The number of carboxylic acid groups (broad SMARTS) is 1. The lowest BCUT2D eigenvalue weighted by Gasteiger charge is -2.25. The van der Waals surface area contributed by atoms with Crippen molar-refractivity contribution < 1.29 is 24.3 Å². The molecule has 1 saturated heterocycles. The van der Waals surface area contributed by atoms with E-state index in [0.717, 1.165) is 0 Å². The number of carboxylic acids is 1. The number of nitrogens with one attached hydrogen (secondary N) is 1. The van der Waals surface area contributed by atoms with Gasteiger partial charge < -0.3 is 19.9 Å². The molecule has 1 aromatic carbocycles. The number of hydrogen-bond acceptors (Lipinski definition) is 6. The van der Waals surface area contributed by atoms with Crippen LogP contribution in [0.1, 0.15) is 6.42 Å². The Morgan fingerprint density at radius 1 is 1.55 bits per heavy atom. The summed E-state index contributed by atoms with van der Waals surface area (Å²) in [5.41, 5.74) is -1.13. The fraction of sp³-hybridized carbons (Fsp3) is 0.417. The first-order valence-corrected chi connectivity index (χ1v) is 5.90. The lowest BCUT2D eigenvalue weighted by Crippen LogP contribution is -2.47. The van der Waals surface area contributed by atoms with E-state index in [1.165, 1.54) is 25.3 Å². The summed E-state index contributed by atoms with van der Waals surface area (Å²) in [6, 6.07) is 4.05. The molecule has 0 saturated carbocycles. The van der Waals surface area contributed by atoms with Crippen molar-refractivity contribution in [3.63, 3.8) is 0 Å². The van der Waals surface area contributed by atoms with Crippen LogP contribution < -0.4 is 10.1 Å². The standard InChI is InChI=1S/C12H14N2O6/c1-19-10-5-8(4-9(6-10)14(17)18)13-12(11(15)16)2-3-20-7-12/h4-6,13H,2-3,7H2,1H3,(H,15,16). The number of methoxy groups -OCH3 is 1. The third-order valence-electron chi connectivity index (χ3n) is 3.15. The van der Waals surface area contributed by atoms with Crippen molar-refractivity contribution in [3.8, 4) is 5.75 Å². The van der Waals surface area contributed by atoms with E-state index in [2.05, 4.69) is 5.32 Å². The summed E-state index contributed by atoms with van der Waals surface area (Å²) in [5, 5.41) is 23.0. The second-order valence-electron chi connectivity index (χ2n) is 4.49. The van der Waals surface area contributed by atoms with E-state index in [-0.39, 0.29) is 24.5 Å². The highest BCUT2D eigenvalue weighted by molar-refractivity contribution is 5.83. The highest BCUT2D eigenvalue weighted by atomic mass is 16.6. The Kier molecular flexibility index (Phi) is 3.75. The molecule has 108 valence electrons. The number of nitrogens with zero attached hydrogens (tertiary/aromatic N) is 1. The van der Waals surface area contributed by atoms with E-state index >= 15 is 0 Å². The van der Waals surface area contributed by atoms with Gasteiger partial charge >= 0.3 is 5.97 Å². The minimum Gasteiger partial charge on any atom is -0.496 e. The number of hydrogen-bond donors (Lipinski definition) is 2. The molecule has 8 heteroatoms. The average molecular weight is 282 g/mol. The zero-order valence-electron chi connectivity index (χ0n) is 10.8. The third kappa shape index (κ3) is 2.64. The molecule has 0 amide bonds. The summed E-state index contributed by atoms with van der Waals surface area (Å²) in [6.45, 7) is 0.332. The van der Waals surface area contributed by atoms with Gasteiger partial charge in [-0.1, -0.05) is 0 Å². The van der Waals surface area contributed by atoms with Crippen molar-refractivity contribution in [2.24, 2.45) is 0 Å². The Labute approximate surface area is 114 Å². The van der Waals surface area contributed by atoms with Crippen LogP contribution >= 0.6 is 0 Å². The summed E-state index contributed by atoms with van der Waals surface area (Å²) in [6.07, 6.45) is 0.285. The van der Waals surface area contributed by atoms with Crippen LogP contribution in [-0.4, -0.2) is 41.9 Å². The van der Waals surface area contributed by atoms with Crippen molar-refractivity contribution in [2.75, 3.05) is 25.6 Å². The molecule has 1 heterocycles. The number of nitro groups is 1. The van der Waals surface area contributed by atoms with Crippen LogP contribution in [-0.2, 0) is 9.53 Å². The van der Waals surface area contributed by atoms with Crippen LogP contribution in [0.15, 0.2) is 18.2 Å². The number of nitro benzene ring substituents is 1. The second kappa shape index (κ2) is 5.33. The number of benzene rings is 1. The third-order valence-corrected chi connectivity index (χ3v) is 3.15. The minimum atomic E-state index is -1.26. The van der Waals surface area contributed by atoms with Crippen LogP contribution in [0, 0.1) is 10.1 Å². The van der Waals surface area contributed by atoms with Crippen LogP contribution in [0.2, 0.25) is 0 Å². The zero-order chi connectivity index (χ0) is 14.8. The molecule has 1 aliphatic heterocycles. The number of aliphatic carboxylic acids is 1. The van der Waals surface area contributed by atoms with Crippen molar-refractivity contribution >= 4 is 17.3 Å². The van der Waals surface area contributed by atoms with E-state index in [9.17, 15) is 20.0 Å². The molecule has 1 fully saturated rings. The van der Waals surface area contributed by atoms with Gasteiger partial charge in [0.2, 0.25) is 0 Å². The molecule has 0 spiro atoms. The summed E-state index contributed by atoms with van der Waals surface area (Å²) in [7, 11) is 1.38. The Bertz CT molecular complexity index is 539. The van der Waals surface area contributed by atoms with Crippen molar-refractivity contribution in [1.29, 1.82) is 0 Å². The van der Waals surface area contributed by atoms with Gasteiger partial charge in [-0.05, 0) is 0 Å². The maximum absolute atomic E-state index is 11.4. The number of non-ortho nitro benzene ring substituents is 1. The predicted octanol–water partition coefficient (Wildman–Crippen LogP) is 1.26. The van der Waals surface area contributed by atoms with Gasteiger partial charge in [0, 0.05) is 30.8 Å². The van der Waals surface area contributed by atoms with Crippen molar-refractivity contribution in [2.45, 2.75) is 12.0 Å². The first-order chi connectivity index (χ1) is 9.47. The molecule has 1 unspecified atom stereocenters. The maximum Gasteiger partial charge on any atom is 0.331 e. The fourth-order valence-electron chi connectivity index (χ4n) is 2.04. The molecule has 0 radical (unpaired) electrons. The quantitative estimate of drug-likeness (QED) is 0.617. The number of rotatable bonds is 5. The fourth-order valence-corrected chi connectivity index (χ4v) is 2.04. The van der Waals surface area contributed by atoms with Gasteiger partial charge in [-0.25, -0.2) is 4.79 Å². The van der Waals surface area contributed by atoms with Gasteiger partial charge in [-0.3, -0.25) is 10.1 Å². The average Bonchev–Trinajstić information content (AvgIpc) is 2.88. The lowest BCUT2D eigenvalue weighted by atomic mass is 9.98. The first-order valence-electron chi connectivity index (χ1n) is 5.90. The van der Waals surface area contributed by atoms with Gasteiger partial charge in [0.15, 0.2) is 5.54 Å². The van der Waals surface area contributed by atoms with E-state index in [1.54, 1.807) is 0 Å².